The Labute approximate surface area is 109 Å². The van der Waals surface area contributed by atoms with Gasteiger partial charge in [0.05, 0.1) is 6.61 Å². The van der Waals surface area contributed by atoms with Crippen molar-refractivity contribution in [2.45, 2.75) is 26.4 Å². The molecular weight excluding hydrogens is 228 g/mol. The first-order valence-corrected chi connectivity index (χ1v) is 6.15. The quantitative estimate of drug-likeness (QED) is 0.771. The largest absolute Gasteiger partial charge is 0.383 e. The maximum atomic E-state index is 11.1. The van der Waals surface area contributed by atoms with E-state index in [1.165, 1.54) is 0 Å². The molecule has 4 heteroatoms. The Morgan fingerprint density at radius 2 is 2.17 bits per heavy atom. The van der Waals surface area contributed by atoms with Gasteiger partial charge in [0.2, 0.25) is 5.91 Å². The van der Waals surface area contributed by atoms with Gasteiger partial charge < -0.3 is 15.8 Å². The highest BCUT2D eigenvalue weighted by Gasteiger charge is 2.12. The van der Waals surface area contributed by atoms with Crippen LogP contribution in [0.2, 0.25) is 0 Å². The van der Waals surface area contributed by atoms with E-state index in [4.69, 9.17) is 10.5 Å². The zero-order valence-corrected chi connectivity index (χ0v) is 11.3. The number of nitrogens with two attached hydrogens (primary N) is 1. The van der Waals surface area contributed by atoms with Crippen LogP contribution in [0.25, 0.3) is 0 Å². The summed E-state index contributed by atoms with van der Waals surface area (Å²) in [5, 5.41) is 3.43. The van der Waals surface area contributed by atoms with Crippen LogP contribution < -0.4 is 11.1 Å². The van der Waals surface area contributed by atoms with Gasteiger partial charge >= 0.3 is 0 Å². The van der Waals surface area contributed by atoms with E-state index in [2.05, 4.69) is 19.2 Å². The van der Waals surface area contributed by atoms with Gasteiger partial charge in [-0.1, -0.05) is 26.0 Å². The lowest BCUT2D eigenvalue weighted by Gasteiger charge is -2.21. The van der Waals surface area contributed by atoms with E-state index < -0.39 is 5.91 Å². The predicted octanol–water partition coefficient (Wildman–Crippen LogP) is 1.55. The maximum absolute atomic E-state index is 11.1. The lowest BCUT2D eigenvalue weighted by molar-refractivity contribution is 0.1000. The molecule has 0 saturated heterocycles. The zero-order valence-electron chi connectivity index (χ0n) is 11.3. The lowest BCUT2D eigenvalue weighted by atomic mass is 10.0. The number of carbonyl (C=O) groups is 1. The van der Waals surface area contributed by atoms with E-state index >= 15 is 0 Å². The molecular formula is C14H22N2O2. The number of primary amides is 1. The third kappa shape index (κ3) is 4.47. The first-order valence-electron chi connectivity index (χ1n) is 6.15. The molecule has 1 atom stereocenters. The van der Waals surface area contributed by atoms with Crippen molar-refractivity contribution < 1.29 is 9.53 Å². The molecule has 0 radical (unpaired) electrons. The molecule has 0 heterocycles. The number of hydrogen-bond donors (Lipinski definition) is 2. The topological polar surface area (TPSA) is 64.3 Å². The van der Waals surface area contributed by atoms with Crippen LogP contribution in [0, 0.1) is 5.92 Å². The molecule has 1 amide bonds. The van der Waals surface area contributed by atoms with Crippen molar-refractivity contribution >= 4 is 5.91 Å². The van der Waals surface area contributed by atoms with Crippen LogP contribution in [0.4, 0.5) is 0 Å². The third-order valence-electron chi connectivity index (χ3n) is 2.93. The summed E-state index contributed by atoms with van der Waals surface area (Å²) < 4.78 is 5.18. The standard InChI is InChI=1S/C14H22N2O2/c1-10(2)13(9-18-3)16-8-11-5-4-6-12(7-11)14(15)17/h4-7,10,13,16H,8-9H2,1-3H3,(H2,15,17). The van der Waals surface area contributed by atoms with Gasteiger partial charge in [0.15, 0.2) is 0 Å². The second kappa shape index (κ2) is 7.13. The minimum atomic E-state index is -0.394. The molecule has 1 rings (SSSR count). The highest BCUT2D eigenvalue weighted by Crippen LogP contribution is 2.07. The van der Waals surface area contributed by atoms with E-state index in [0.29, 0.717) is 30.7 Å². The Morgan fingerprint density at radius 3 is 2.72 bits per heavy atom. The highest BCUT2D eigenvalue weighted by molar-refractivity contribution is 5.92. The number of nitrogens with one attached hydrogen (secondary N) is 1. The molecule has 0 aliphatic heterocycles. The summed E-state index contributed by atoms with van der Waals surface area (Å²) >= 11 is 0. The molecule has 4 nitrogen and oxygen atoms in total. The van der Waals surface area contributed by atoms with Crippen molar-refractivity contribution in [2.75, 3.05) is 13.7 Å². The number of rotatable bonds is 7. The molecule has 1 aromatic rings. The molecule has 1 unspecified atom stereocenters. The van der Waals surface area contributed by atoms with E-state index in [9.17, 15) is 4.79 Å². The van der Waals surface area contributed by atoms with Gasteiger partial charge in [0.1, 0.15) is 0 Å². The lowest BCUT2D eigenvalue weighted by Crippen LogP contribution is -2.37. The summed E-state index contributed by atoms with van der Waals surface area (Å²) in [6, 6.07) is 7.66. The fraction of sp³-hybridized carbons (Fsp3) is 0.500. The van der Waals surface area contributed by atoms with Gasteiger partial charge in [-0.3, -0.25) is 4.79 Å². The van der Waals surface area contributed by atoms with Gasteiger partial charge in [-0.05, 0) is 23.6 Å². The molecule has 0 aliphatic carbocycles. The van der Waals surface area contributed by atoms with E-state index in [0.717, 1.165) is 5.56 Å². The SMILES string of the molecule is COCC(NCc1cccc(C(N)=O)c1)C(C)C. The Kier molecular flexibility index (Phi) is 5.82. The van der Waals surface area contributed by atoms with Crippen molar-refractivity contribution in [1.29, 1.82) is 0 Å². The van der Waals surface area contributed by atoms with Crippen molar-refractivity contribution in [3.8, 4) is 0 Å². The molecule has 18 heavy (non-hydrogen) atoms. The zero-order chi connectivity index (χ0) is 13.5. The minimum absolute atomic E-state index is 0.298. The van der Waals surface area contributed by atoms with Crippen molar-refractivity contribution in [3.63, 3.8) is 0 Å². The predicted molar refractivity (Wildman–Crippen MR) is 72.3 cm³/mol. The monoisotopic (exact) mass is 250 g/mol. The Bertz CT molecular complexity index is 391. The normalized spacial score (nSPS) is 12.7. The Morgan fingerprint density at radius 1 is 1.44 bits per heavy atom. The first-order chi connectivity index (χ1) is 8.54. The average molecular weight is 250 g/mol. The van der Waals surface area contributed by atoms with Crippen LogP contribution in [-0.2, 0) is 11.3 Å². The summed E-state index contributed by atoms with van der Waals surface area (Å²) in [4.78, 5) is 11.1. The molecule has 0 bridgehead atoms. The third-order valence-corrected chi connectivity index (χ3v) is 2.93. The molecule has 0 saturated carbocycles. The first kappa shape index (κ1) is 14.7. The number of hydrogen-bond acceptors (Lipinski definition) is 3. The van der Waals surface area contributed by atoms with Crippen LogP contribution in [0.15, 0.2) is 24.3 Å². The Hall–Kier alpha value is -1.39. The van der Waals surface area contributed by atoms with E-state index in [-0.39, 0.29) is 0 Å². The molecule has 0 aliphatic rings. The van der Waals surface area contributed by atoms with Crippen LogP contribution >= 0.6 is 0 Å². The molecule has 0 aromatic heterocycles. The molecule has 100 valence electrons. The smallest absolute Gasteiger partial charge is 0.248 e. The minimum Gasteiger partial charge on any atom is -0.383 e. The summed E-state index contributed by atoms with van der Waals surface area (Å²) in [6.45, 7) is 5.67. The van der Waals surface area contributed by atoms with Crippen LogP contribution in [-0.4, -0.2) is 25.7 Å². The van der Waals surface area contributed by atoms with Crippen LogP contribution in [0.5, 0.6) is 0 Å². The summed E-state index contributed by atoms with van der Waals surface area (Å²) in [7, 11) is 1.70. The second-order valence-corrected chi connectivity index (χ2v) is 4.75. The van der Waals surface area contributed by atoms with Crippen molar-refractivity contribution in [3.05, 3.63) is 35.4 Å². The van der Waals surface area contributed by atoms with Gasteiger partial charge in [0, 0.05) is 25.3 Å². The van der Waals surface area contributed by atoms with Crippen LogP contribution in [0.3, 0.4) is 0 Å². The molecule has 0 fully saturated rings. The fourth-order valence-corrected chi connectivity index (χ4v) is 1.75. The average Bonchev–Trinajstić information content (AvgIpc) is 2.34. The van der Waals surface area contributed by atoms with E-state index in [1.54, 1.807) is 13.2 Å². The Balaban J connectivity index is 2.61. The number of ether oxygens (including phenoxy) is 1. The summed E-state index contributed by atoms with van der Waals surface area (Å²) in [6.07, 6.45) is 0. The second-order valence-electron chi connectivity index (χ2n) is 4.75. The fourth-order valence-electron chi connectivity index (χ4n) is 1.75. The van der Waals surface area contributed by atoms with Gasteiger partial charge in [-0.25, -0.2) is 0 Å². The van der Waals surface area contributed by atoms with Crippen molar-refractivity contribution in [2.24, 2.45) is 11.7 Å². The number of carbonyl (C=O) groups excluding carboxylic acids is 1. The molecule has 0 spiro atoms. The maximum Gasteiger partial charge on any atom is 0.248 e. The van der Waals surface area contributed by atoms with E-state index in [1.807, 2.05) is 18.2 Å². The van der Waals surface area contributed by atoms with Gasteiger partial charge in [0.25, 0.3) is 0 Å². The highest BCUT2D eigenvalue weighted by atomic mass is 16.5. The molecule has 3 N–H and O–H groups in total. The summed E-state index contributed by atoms with van der Waals surface area (Å²) in [5.74, 6) is 0.0958. The summed E-state index contributed by atoms with van der Waals surface area (Å²) in [5.41, 5.74) is 6.85. The van der Waals surface area contributed by atoms with Gasteiger partial charge in [-0.15, -0.1) is 0 Å². The van der Waals surface area contributed by atoms with Gasteiger partial charge in [-0.2, -0.15) is 0 Å². The number of benzene rings is 1. The number of amides is 1. The van der Waals surface area contributed by atoms with Crippen LogP contribution in [0.1, 0.15) is 29.8 Å². The molecule has 1 aromatic carbocycles. The van der Waals surface area contributed by atoms with Crippen molar-refractivity contribution in [1.82, 2.24) is 5.32 Å². The number of methoxy groups -OCH3 is 1.